The summed E-state index contributed by atoms with van der Waals surface area (Å²) >= 11 is 6.16. The first kappa shape index (κ1) is 16.1. The molecular weight excluding hydrogens is 356 g/mol. The van der Waals surface area contributed by atoms with Crippen LogP contribution in [-0.2, 0) is 0 Å². The molecule has 0 aliphatic carbocycles. The maximum atomic E-state index is 12.8. The maximum Gasteiger partial charge on any atom is 0.358 e. The van der Waals surface area contributed by atoms with Crippen molar-refractivity contribution < 1.29 is 14.4 Å². The monoisotopic (exact) mass is 366 g/mol. The zero-order valence-corrected chi connectivity index (χ0v) is 13.9. The Bertz CT molecular complexity index is 1200. The number of rotatable bonds is 3. The predicted molar refractivity (Wildman–Crippen MR) is 97.5 cm³/mol. The molecule has 0 spiro atoms. The summed E-state index contributed by atoms with van der Waals surface area (Å²) in [6, 6.07) is 15.6. The fraction of sp³-hybridized carbons (Fsp3) is 0. The van der Waals surface area contributed by atoms with Crippen LogP contribution < -0.4 is 5.56 Å². The number of nitrogens with one attached hydrogen (secondary N) is 1. The van der Waals surface area contributed by atoms with Gasteiger partial charge in [0.05, 0.1) is 5.56 Å². The molecule has 0 saturated carbocycles. The second-order valence-corrected chi connectivity index (χ2v) is 6.08. The van der Waals surface area contributed by atoms with Crippen molar-refractivity contribution >= 4 is 28.5 Å². The molecule has 6 nitrogen and oxygen atoms in total. The lowest BCUT2D eigenvalue weighted by Gasteiger charge is -2.11. The number of halogens is 1. The Kier molecular flexibility index (Phi) is 3.82. The van der Waals surface area contributed by atoms with E-state index < -0.39 is 11.5 Å². The van der Waals surface area contributed by atoms with Gasteiger partial charge in [-0.25, -0.2) is 4.79 Å². The van der Waals surface area contributed by atoms with Crippen LogP contribution >= 0.6 is 11.6 Å². The Hall–Kier alpha value is -3.38. The molecule has 0 saturated heterocycles. The highest BCUT2D eigenvalue weighted by Crippen LogP contribution is 2.36. The average molecular weight is 367 g/mol. The van der Waals surface area contributed by atoms with Crippen molar-refractivity contribution in [2.24, 2.45) is 0 Å². The van der Waals surface area contributed by atoms with E-state index in [9.17, 15) is 9.59 Å². The third-order valence-electron chi connectivity index (χ3n) is 4.01. The molecule has 0 aliphatic heterocycles. The summed E-state index contributed by atoms with van der Waals surface area (Å²) in [6.45, 7) is 0. The molecule has 0 atom stereocenters. The third-order valence-corrected chi connectivity index (χ3v) is 4.25. The number of fused-ring (bicyclic) bond motifs is 1. The van der Waals surface area contributed by atoms with E-state index in [1.165, 1.54) is 6.07 Å². The summed E-state index contributed by atoms with van der Waals surface area (Å²) in [4.78, 5) is 26.7. The molecule has 7 heteroatoms. The van der Waals surface area contributed by atoms with E-state index in [-0.39, 0.29) is 17.0 Å². The molecule has 4 aromatic rings. The molecule has 0 radical (unpaired) electrons. The highest BCUT2D eigenvalue weighted by Gasteiger charge is 2.21. The first-order valence-corrected chi connectivity index (χ1v) is 8.04. The standard InChI is InChI=1S/C19H11ClN2O4/c20-11-6-7-13-12(8-11)16(10-4-2-1-3-5-10)17(18(23)21-13)15-9-14(19(24)25)22-26-15/h1-9H,(H,21,23)(H,24,25). The zero-order valence-electron chi connectivity index (χ0n) is 13.2. The summed E-state index contributed by atoms with van der Waals surface area (Å²) in [7, 11) is 0. The van der Waals surface area contributed by atoms with E-state index in [0.29, 0.717) is 21.5 Å². The van der Waals surface area contributed by atoms with Crippen molar-refractivity contribution in [3.8, 4) is 22.5 Å². The van der Waals surface area contributed by atoms with Crippen LogP contribution in [0.5, 0.6) is 0 Å². The first-order valence-electron chi connectivity index (χ1n) is 7.66. The number of hydrogen-bond donors (Lipinski definition) is 2. The highest BCUT2D eigenvalue weighted by molar-refractivity contribution is 6.31. The van der Waals surface area contributed by atoms with Gasteiger partial charge in [-0.3, -0.25) is 4.79 Å². The molecule has 2 N–H and O–H groups in total. The van der Waals surface area contributed by atoms with Crippen LogP contribution in [0.25, 0.3) is 33.4 Å². The van der Waals surface area contributed by atoms with Crippen molar-refractivity contribution in [1.82, 2.24) is 10.1 Å². The number of aromatic amines is 1. The molecule has 0 unspecified atom stereocenters. The van der Waals surface area contributed by atoms with Gasteiger partial charge in [-0.15, -0.1) is 0 Å². The number of carboxylic acids is 1. The lowest BCUT2D eigenvalue weighted by molar-refractivity contribution is 0.0686. The van der Waals surface area contributed by atoms with Crippen LogP contribution in [0.3, 0.4) is 0 Å². The SMILES string of the molecule is O=C(O)c1cc(-c2c(-c3ccccc3)c3cc(Cl)ccc3[nH]c2=O)on1. The topological polar surface area (TPSA) is 96.2 Å². The Balaban J connectivity index is 2.13. The fourth-order valence-corrected chi connectivity index (χ4v) is 3.07. The van der Waals surface area contributed by atoms with E-state index in [4.69, 9.17) is 21.2 Å². The summed E-state index contributed by atoms with van der Waals surface area (Å²) < 4.78 is 5.15. The van der Waals surface area contributed by atoms with Gasteiger partial charge in [0.1, 0.15) is 0 Å². The molecule has 2 aromatic carbocycles. The maximum absolute atomic E-state index is 12.8. The summed E-state index contributed by atoms with van der Waals surface area (Å²) in [5.41, 5.74) is 1.50. The van der Waals surface area contributed by atoms with Crippen LogP contribution in [0.2, 0.25) is 5.02 Å². The van der Waals surface area contributed by atoms with Gasteiger partial charge >= 0.3 is 5.97 Å². The number of H-pyrrole nitrogens is 1. The van der Waals surface area contributed by atoms with E-state index >= 15 is 0 Å². The molecule has 0 bridgehead atoms. The molecule has 2 heterocycles. The van der Waals surface area contributed by atoms with E-state index in [2.05, 4.69) is 10.1 Å². The molecule has 128 valence electrons. The van der Waals surface area contributed by atoms with E-state index in [1.54, 1.807) is 18.2 Å². The van der Waals surface area contributed by atoms with Crippen molar-refractivity contribution in [3.05, 3.63) is 75.7 Å². The van der Waals surface area contributed by atoms with Crippen molar-refractivity contribution in [1.29, 1.82) is 0 Å². The molecule has 0 aliphatic rings. The average Bonchev–Trinajstić information content (AvgIpc) is 3.12. The number of benzene rings is 2. The minimum Gasteiger partial charge on any atom is -0.476 e. The molecular formula is C19H11ClN2O4. The normalized spacial score (nSPS) is 11.0. The predicted octanol–water partition coefficient (Wildman–Crippen LogP) is 4.20. The number of aromatic nitrogens is 2. The van der Waals surface area contributed by atoms with Crippen LogP contribution in [-0.4, -0.2) is 21.2 Å². The van der Waals surface area contributed by atoms with Gasteiger partial charge in [-0.1, -0.05) is 47.1 Å². The largest absolute Gasteiger partial charge is 0.476 e. The number of hydrogen-bond acceptors (Lipinski definition) is 4. The van der Waals surface area contributed by atoms with Gasteiger partial charge in [-0.05, 0) is 23.8 Å². The van der Waals surface area contributed by atoms with Crippen LogP contribution in [0.1, 0.15) is 10.5 Å². The second kappa shape index (κ2) is 6.16. The molecule has 0 fully saturated rings. The second-order valence-electron chi connectivity index (χ2n) is 5.64. The lowest BCUT2D eigenvalue weighted by atomic mass is 9.95. The molecule has 2 aromatic heterocycles. The third kappa shape index (κ3) is 2.66. The number of nitrogens with zero attached hydrogens (tertiary/aromatic N) is 1. The Morgan fingerprint density at radius 2 is 1.85 bits per heavy atom. The zero-order chi connectivity index (χ0) is 18.3. The van der Waals surface area contributed by atoms with Crippen molar-refractivity contribution in [3.63, 3.8) is 0 Å². The minimum atomic E-state index is -1.23. The van der Waals surface area contributed by atoms with Gasteiger partial charge in [0.25, 0.3) is 5.56 Å². The van der Waals surface area contributed by atoms with Gasteiger partial charge in [0, 0.05) is 27.6 Å². The Labute approximate surface area is 151 Å². The van der Waals surface area contributed by atoms with Crippen molar-refractivity contribution in [2.45, 2.75) is 0 Å². The number of pyridine rings is 1. The van der Waals surface area contributed by atoms with Gasteiger partial charge in [0.2, 0.25) is 0 Å². The van der Waals surface area contributed by atoms with E-state index in [1.807, 2.05) is 30.3 Å². The highest BCUT2D eigenvalue weighted by atomic mass is 35.5. The number of carbonyl (C=O) groups is 1. The fourth-order valence-electron chi connectivity index (χ4n) is 2.90. The summed E-state index contributed by atoms with van der Waals surface area (Å²) in [5.74, 6) is -1.16. The van der Waals surface area contributed by atoms with Crippen LogP contribution in [0.4, 0.5) is 0 Å². The number of carboxylic acid groups (broad SMARTS) is 1. The summed E-state index contributed by atoms with van der Waals surface area (Å²) in [5, 5.41) is 13.8. The Morgan fingerprint density at radius 3 is 2.54 bits per heavy atom. The van der Waals surface area contributed by atoms with Gasteiger partial charge < -0.3 is 14.6 Å². The van der Waals surface area contributed by atoms with E-state index in [0.717, 1.165) is 5.56 Å². The minimum absolute atomic E-state index is 0.0735. The molecule has 0 amide bonds. The van der Waals surface area contributed by atoms with Crippen molar-refractivity contribution in [2.75, 3.05) is 0 Å². The Morgan fingerprint density at radius 1 is 1.08 bits per heavy atom. The van der Waals surface area contributed by atoms with Crippen LogP contribution in [0, 0.1) is 0 Å². The van der Waals surface area contributed by atoms with Gasteiger partial charge in [-0.2, -0.15) is 0 Å². The quantitative estimate of drug-likeness (QED) is 0.566. The molecule has 4 rings (SSSR count). The van der Waals surface area contributed by atoms with Crippen LogP contribution in [0.15, 0.2) is 63.9 Å². The summed E-state index contributed by atoms with van der Waals surface area (Å²) in [6.07, 6.45) is 0. The smallest absolute Gasteiger partial charge is 0.358 e. The number of aromatic carboxylic acids is 1. The lowest BCUT2D eigenvalue weighted by Crippen LogP contribution is -2.11. The molecule has 26 heavy (non-hydrogen) atoms. The van der Waals surface area contributed by atoms with Gasteiger partial charge in [0.15, 0.2) is 11.5 Å². The first-order chi connectivity index (χ1) is 12.5.